The van der Waals surface area contributed by atoms with Gasteiger partial charge in [0.2, 0.25) is 0 Å². The largest absolute Gasteiger partial charge is 0.360 e. The van der Waals surface area contributed by atoms with E-state index in [9.17, 15) is 4.79 Å². The fraction of sp³-hybridized carbons (Fsp3) is 0.611. The predicted molar refractivity (Wildman–Crippen MR) is 91.8 cm³/mol. The highest BCUT2D eigenvalue weighted by atomic mass is 16.5. The Labute approximate surface area is 146 Å². The molecule has 0 N–H and O–H groups in total. The molecule has 0 aromatic carbocycles. The van der Waals surface area contributed by atoms with Crippen LogP contribution in [0.1, 0.15) is 59.5 Å². The molecule has 3 aliphatic rings. The van der Waals surface area contributed by atoms with Crippen LogP contribution >= 0.6 is 0 Å². The number of aryl methyl sites for hydroxylation is 1. The number of rotatable bonds is 4. The molecule has 0 spiro atoms. The molecule has 0 unspecified atom stereocenters. The topological polar surface area (TPSA) is 67.4 Å². The van der Waals surface area contributed by atoms with Gasteiger partial charge in [0.05, 0.1) is 5.69 Å². The number of nitrogens with zero attached hydrogens (tertiary/aromatic N) is 5. The minimum atomic E-state index is -0.0148. The molecule has 132 valence electrons. The van der Waals surface area contributed by atoms with Crippen molar-refractivity contribution in [2.45, 2.75) is 37.5 Å². The van der Waals surface area contributed by atoms with Crippen molar-refractivity contribution in [3.63, 3.8) is 0 Å². The molecule has 1 amide bonds. The molecule has 2 aromatic rings. The van der Waals surface area contributed by atoms with Crippen LogP contribution < -0.4 is 4.90 Å². The first-order valence-corrected chi connectivity index (χ1v) is 9.24. The molecule has 2 aliphatic carbocycles. The Balaban J connectivity index is 1.23. The number of carbonyl (C=O) groups excluding carboxylic acids is 1. The van der Waals surface area contributed by atoms with Crippen molar-refractivity contribution in [2.75, 3.05) is 31.1 Å². The Hall–Kier alpha value is -2.31. The third-order valence-corrected chi connectivity index (χ3v) is 5.49. The summed E-state index contributed by atoms with van der Waals surface area (Å²) in [4.78, 5) is 16.8. The van der Waals surface area contributed by atoms with Gasteiger partial charge in [-0.25, -0.2) is 0 Å². The number of hydrogen-bond donors (Lipinski definition) is 0. The average Bonchev–Trinajstić information content (AvgIpc) is 3.57. The van der Waals surface area contributed by atoms with Crippen LogP contribution in [0.5, 0.6) is 0 Å². The Morgan fingerprint density at radius 1 is 1.08 bits per heavy atom. The second kappa shape index (κ2) is 5.61. The maximum absolute atomic E-state index is 12.6. The fourth-order valence-electron chi connectivity index (χ4n) is 3.60. The van der Waals surface area contributed by atoms with Crippen LogP contribution in [0, 0.1) is 0 Å². The molecule has 2 saturated carbocycles. The zero-order chi connectivity index (χ0) is 17.0. The SMILES string of the molecule is Cn1nc(C2CC2)cc1N1CCN(C(=O)c2cc(C3CC3)on2)CC1. The van der Waals surface area contributed by atoms with Crippen molar-refractivity contribution in [1.29, 1.82) is 0 Å². The summed E-state index contributed by atoms with van der Waals surface area (Å²) in [5.74, 6) is 3.15. The summed E-state index contributed by atoms with van der Waals surface area (Å²) in [6, 6.07) is 4.05. The zero-order valence-electron chi connectivity index (χ0n) is 14.5. The number of piperazine rings is 1. The molecular formula is C18H23N5O2. The van der Waals surface area contributed by atoms with Crippen LogP contribution in [0.3, 0.4) is 0 Å². The van der Waals surface area contributed by atoms with E-state index in [-0.39, 0.29) is 5.91 Å². The molecule has 25 heavy (non-hydrogen) atoms. The van der Waals surface area contributed by atoms with Crippen LogP contribution in [0.4, 0.5) is 5.82 Å². The molecule has 1 saturated heterocycles. The normalized spacial score (nSPS) is 21.0. The summed E-state index contributed by atoms with van der Waals surface area (Å²) >= 11 is 0. The minimum Gasteiger partial charge on any atom is -0.360 e. The van der Waals surface area contributed by atoms with Gasteiger partial charge in [0.25, 0.3) is 5.91 Å². The lowest BCUT2D eigenvalue weighted by molar-refractivity contribution is 0.0736. The van der Waals surface area contributed by atoms with E-state index in [4.69, 9.17) is 4.52 Å². The number of hydrogen-bond acceptors (Lipinski definition) is 5. The molecule has 0 radical (unpaired) electrons. The van der Waals surface area contributed by atoms with Crippen molar-refractivity contribution >= 4 is 11.7 Å². The van der Waals surface area contributed by atoms with E-state index in [0.717, 1.165) is 37.5 Å². The summed E-state index contributed by atoms with van der Waals surface area (Å²) in [6.45, 7) is 3.05. The molecule has 7 heteroatoms. The van der Waals surface area contributed by atoms with E-state index in [1.165, 1.54) is 18.5 Å². The number of aromatic nitrogens is 3. The summed E-state index contributed by atoms with van der Waals surface area (Å²) in [7, 11) is 2.01. The first-order valence-electron chi connectivity index (χ1n) is 9.24. The Bertz CT molecular complexity index is 794. The lowest BCUT2D eigenvalue weighted by atomic mass is 10.2. The first kappa shape index (κ1) is 15.0. The molecule has 1 aliphatic heterocycles. The summed E-state index contributed by atoms with van der Waals surface area (Å²) in [5.41, 5.74) is 1.66. The van der Waals surface area contributed by atoms with Gasteiger partial charge >= 0.3 is 0 Å². The van der Waals surface area contributed by atoms with E-state index in [0.29, 0.717) is 30.6 Å². The Morgan fingerprint density at radius 2 is 1.80 bits per heavy atom. The van der Waals surface area contributed by atoms with Gasteiger partial charge in [0, 0.05) is 57.2 Å². The molecule has 0 atom stereocenters. The maximum atomic E-state index is 12.6. The van der Waals surface area contributed by atoms with E-state index < -0.39 is 0 Å². The highest BCUT2D eigenvalue weighted by molar-refractivity contribution is 5.92. The van der Waals surface area contributed by atoms with Crippen LogP contribution in [0.2, 0.25) is 0 Å². The Kier molecular flexibility index (Phi) is 3.36. The van der Waals surface area contributed by atoms with E-state index in [2.05, 4.69) is 21.2 Å². The van der Waals surface area contributed by atoms with Crippen molar-refractivity contribution in [2.24, 2.45) is 7.05 Å². The average molecular weight is 341 g/mol. The van der Waals surface area contributed by atoms with Crippen LogP contribution in [0.25, 0.3) is 0 Å². The van der Waals surface area contributed by atoms with Crippen molar-refractivity contribution < 1.29 is 9.32 Å². The highest BCUT2D eigenvalue weighted by Gasteiger charge is 2.32. The predicted octanol–water partition coefficient (Wildman–Crippen LogP) is 2.13. The fourth-order valence-corrected chi connectivity index (χ4v) is 3.60. The molecule has 3 heterocycles. The monoisotopic (exact) mass is 341 g/mol. The third kappa shape index (κ3) is 2.81. The summed E-state index contributed by atoms with van der Waals surface area (Å²) in [5, 5.41) is 8.63. The number of amides is 1. The maximum Gasteiger partial charge on any atom is 0.276 e. The standard InChI is InChI=1S/C18H23N5O2/c1-21-17(11-14(19-21)12-2-3-12)22-6-8-23(9-7-22)18(24)15-10-16(25-20-15)13-4-5-13/h10-13H,2-9H2,1H3. The second-order valence-electron chi connectivity index (χ2n) is 7.49. The van der Waals surface area contributed by atoms with Gasteiger partial charge in [0.1, 0.15) is 11.6 Å². The Morgan fingerprint density at radius 3 is 2.48 bits per heavy atom. The lowest BCUT2D eigenvalue weighted by Crippen LogP contribution is -2.49. The van der Waals surface area contributed by atoms with Gasteiger partial charge in [-0.2, -0.15) is 5.10 Å². The van der Waals surface area contributed by atoms with Gasteiger partial charge in [-0.1, -0.05) is 5.16 Å². The number of anilines is 1. The van der Waals surface area contributed by atoms with E-state index >= 15 is 0 Å². The lowest BCUT2D eigenvalue weighted by Gasteiger charge is -2.35. The second-order valence-corrected chi connectivity index (χ2v) is 7.49. The molecule has 2 aromatic heterocycles. The van der Waals surface area contributed by atoms with Crippen LogP contribution in [-0.4, -0.2) is 51.9 Å². The van der Waals surface area contributed by atoms with Crippen molar-refractivity contribution in [1.82, 2.24) is 19.8 Å². The van der Waals surface area contributed by atoms with Crippen molar-refractivity contribution in [3.8, 4) is 0 Å². The van der Waals surface area contributed by atoms with Crippen LogP contribution in [0.15, 0.2) is 16.7 Å². The summed E-state index contributed by atoms with van der Waals surface area (Å²) < 4.78 is 7.30. The molecule has 5 rings (SSSR count). The molecule has 0 bridgehead atoms. The van der Waals surface area contributed by atoms with Gasteiger partial charge in [-0.05, 0) is 25.7 Å². The smallest absolute Gasteiger partial charge is 0.276 e. The highest BCUT2D eigenvalue weighted by Crippen LogP contribution is 2.41. The van der Waals surface area contributed by atoms with Crippen LogP contribution in [-0.2, 0) is 7.05 Å². The van der Waals surface area contributed by atoms with Gasteiger partial charge in [-0.15, -0.1) is 0 Å². The van der Waals surface area contributed by atoms with E-state index in [1.807, 2.05) is 22.7 Å². The molecule has 7 nitrogen and oxygen atoms in total. The van der Waals surface area contributed by atoms with E-state index in [1.54, 1.807) is 0 Å². The first-order chi connectivity index (χ1) is 12.2. The van der Waals surface area contributed by atoms with Gasteiger partial charge < -0.3 is 14.3 Å². The third-order valence-electron chi connectivity index (χ3n) is 5.49. The minimum absolute atomic E-state index is 0.0148. The van der Waals surface area contributed by atoms with Crippen molar-refractivity contribution in [3.05, 3.63) is 29.3 Å². The quantitative estimate of drug-likeness (QED) is 0.852. The van der Waals surface area contributed by atoms with Gasteiger partial charge in [0.15, 0.2) is 5.69 Å². The molecular weight excluding hydrogens is 318 g/mol. The molecule has 3 fully saturated rings. The number of carbonyl (C=O) groups is 1. The zero-order valence-corrected chi connectivity index (χ0v) is 14.5. The van der Waals surface area contributed by atoms with Gasteiger partial charge in [-0.3, -0.25) is 9.48 Å². The summed E-state index contributed by atoms with van der Waals surface area (Å²) in [6.07, 6.45) is 4.82.